The van der Waals surface area contributed by atoms with Crippen LogP contribution in [0, 0.1) is 13.8 Å². The molecule has 0 aliphatic rings. The van der Waals surface area contributed by atoms with Gasteiger partial charge in [-0.15, -0.1) is 0 Å². The van der Waals surface area contributed by atoms with Crippen molar-refractivity contribution in [3.63, 3.8) is 0 Å². The Kier molecular flexibility index (Phi) is 5.54. The molecule has 6 heteroatoms. The van der Waals surface area contributed by atoms with Gasteiger partial charge in [-0.05, 0) is 49.2 Å². The molecule has 0 saturated carbocycles. The summed E-state index contributed by atoms with van der Waals surface area (Å²) in [4.78, 5) is 23.3. The number of benzene rings is 1. The minimum atomic E-state index is -1.27. The fraction of sp³-hybridized carbons (Fsp3) is 0.294. The molecule has 0 bridgehead atoms. The first-order valence-corrected chi connectivity index (χ1v) is 7.39. The summed E-state index contributed by atoms with van der Waals surface area (Å²) in [6, 6.07) is 8.18. The van der Waals surface area contributed by atoms with Crippen molar-refractivity contribution in [2.45, 2.75) is 32.9 Å². The molecule has 0 unspecified atom stereocenters. The van der Waals surface area contributed by atoms with E-state index in [4.69, 9.17) is 4.42 Å². The van der Waals surface area contributed by atoms with Crippen molar-refractivity contribution in [3.05, 3.63) is 53.5 Å². The molecule has 0 aliphatic heterocycles. The van der Waals surface area contributed by atoms with Crippen molar-refractivity contribution in [1.82, 2.24) is 0 Å². The predicted molar refractivity (Wildman–Crippen MR) is 82.3 cm³/mol. The fourth-order valence-corrected chi connectivity index (χ4v) is 2.41. The normalized spacial score (nSPS) is 11.9. The van der Waals surface area contributed by atoms with Crippen LogP contribution < -0.4 is 15.7 Å². The lowest BCUT2D eigenvalue weighted by Gasteiger charge is -2.16. The molecule has 1 aromatic heterocycles. The molecule has 0 spiro atoms. The monoisotopic (exact) mass is 316 g/mol. The second kappa shape index (κ2) is 7.60. The van der Waals surface area contributed by atoms with Gasteiger partial charge in [-0.25, -0.2) is 0 Å². The molecule has 23 heavy (non-hydrogen) atoms. The number of carbonyl (C=O) groups is 2. The maximum Gasteiger partial charge on any atom is 0.230 e. The van der Waals surface area contributed by atoms with Crippen LogP contribution in [0.2, 0.25) is 0 Å². The number of aliphatic carboxylic acids is 1. The van der Waals surface area contributed by atoms with Gasteiger partial charge in [0.05, 0.1) is 18.7 Å². The minimum absolute atomic E-state index is 0.171. The zero-order chi connectivity index (χ0) is 16.8. The van der Waals surface area contributed by atoms with E-state index < -0.39 is 12.0 Å². The Labute approximate surface area is 134 Å². The second-order valence-electron chi connectivity index (χ2n) is 5.57. The predicted octanol–water partition coefficient (Wildman–Crippen LogP) is 0.107. The van der Waals surface area contributed by atoms with Crippen LogP contribution >= 0.6 is 0 Å². The van der Waals surface area contributed by atoms with E-state index in [9.17, 15) is 14.7 Å². The lowest BCUT2D eigenvalue weighted by molar-refractivity contribution is -0.698. The van der Waals surface area contributed by atoms with Crippen LogP contribution in [0.15, 0.2) is 41.0 Å². The maximum absolute atomic E-state index is 12.1. The van der Waals surface area contributed by atoms with Gasteiger partial charge in [-0.2, -0.15) is 0 Å². The van der Waals surface area contributed by atoms with Crippen LogP contribution in [0.3, 0.4) is 0 Å². The van der Waals surface area contributed by atoms with E-state index in [1.807, 2.05) is 32.0 Å². The highest BCUT2D eigenvalue weighted by Gasteiger charge is 2.19. The number of nitrogens with two attached hydrogens (primary N) is 1. The highest BCUT2D eigenvalue weighted by atomic mass is 16.4. The lowest BCUT2D eigenvalue weighted by Crippen LogP contribution is -2.92. The van der Waals surface area contributed by atoms with Crippen molar-refractivity contribution in [1.29, 1.82) is 0 Å². The molecule has 0 aliphatic carbocycles. The topological polar surface area (TPSA) is 99.0 Å². The molecule has 2 rings (SSSR count). The van der Waals surface area contributed by atoms with E-state index in [2.05, 4.69) is 5.32 Å². The van der Waals surface area contributed by atoms with E-state index in [0.29, 0.717) is 18.0 Å². The van der Waals surface area contributed by atoms with Gasteiger partial charge in [-0.1, -0.05) is 6.07 Å². The van der Waals surface area contributed by atoms with Crippen LogP contribution in [-0.2, 0) is 16.1 Å². The minimum Gasteiger partial charge on any atom is -0.544 e. The van der Waals surface area contributed by atoms with Gasteiger partial charge in [-0.3, -0.25) is 4.79 Å². The highest BCUT2D eigenvalue weighted by Crippen LogP contribution is 2.14. The van der Waals surface area contributed by atoms with E-state index in [0.717, 1.165) is 11.1 Å². The Bertz CT molecular complexity index is 660. The third-order valence-electron chi connectivity index (χ3n) is 3.40. The van der Waals surface area contributed by atoms with Crippen molar-refractivity contribution < 1.29 is 24.4 Å². The first-order chi connectivity index (χ1) is 10.9. The summed E-state index contributed by atoms with van der Waals surface area (Å²) < 4.78 is 5.15. The number of carboxylic acid groups (broad SMARTS) is 1. The number of aryl methyl sites for hydroxylation is 2. The number of rotatable bonds is 7. The Morgan fingerprint density at radius 2 is 1.96 bits per heavy atom. The molecule has 1 heterocycles. The zero-order valence-electron chi connectivity index (χ0n) is 13.2. The number of hydrogen-bond acceptors (Lipinski definition) is 4. The fourth-order valence-electron chi connectivity index (χ4n) is 2.41. The highest BCUT2D eigenvalue weighted by molar-refractivity contribution is 5.93. The lowest BCUT2D eigenvalue weighted by atomic mass is 10.1. The van der Waals surface area contributed by atoms with Crippen LogP contribution in [0.5, 0.6) is 0 Å². The van der Waals surface area contributed by atoms with Gasteiger partial charge in [0, 0.05) is 5.69 Å². The van der Waals surface area contributed by atoms with Crippen molar-refractivity contribution in [3.8, 4) is 0 Å². The van der Waals surface area contributed by atoms with Crippen molar-refractivity contribution in [2.24, 2.45) is 0 Å². The quantitative estimate of drug-likeness (QED) is 0.757. The number of carbonyl (C=O) groups excluding carboxylic acids is 2. The Balaban J connectivity index is 1.93. The second-order valence-corrected chi connectivity index (χ2v) is 5.57. The zero-order valence-corrected chi connectivity index (χ0v) is 13.2. The Morgan fingerprint density at radius 1 is 1.26 bits per heavy atom. The molecule has 0 saturated heterocycles. The Morgan fingerprint density at radius 3 is 2.52 bits per heavy atom. The van der Waals surface area contributed by atoms with Crippen LogP contribution in [-0.4, -0.2) is 17.9 Å². The average Bonchev–Trinajstić information content (AvgIpc) is 2.95. The first kappa shape index (κ1) is 16.8. The Hall–Kier alpha value is -2.60. The molecule has 1 amide bonds. The van der Waals surface area contributed by atoms with E-state index in [-0.39, 0.29) is 12.3 Å². The summed E-state index contributed by atoms with van der Waals surface area (Å²) >= 11 is 0. The number of furan rings is 1. The molecular formula is C17H20N2O4. The standard InChI is InChI=1S/C17H20N2O4/c1-11-6-12(2)8-13(7-11)19-16(20)9-15(17(21)22)18-10-14-4-3-5-23-14/h3-8,15,18H,9-10H2,1-2H3,(H,19,20)(H,21,22)/t15-/m1/s1. The summed E-state index contributed by atoms with van der Waals surface area (Å²) in [5, 5.41) is 15.5. The smallest absolute Gasteiger partial charge is 0.230 e. The number of hydrogen-bond donors (Lipinski definition) is 2. The van der Waals surface area contributed by atoms with Gasteiger partial charge in [0.2, 0.25) is 5.91 Å². The van der Waals surface area contributed by atoms with Gasteiger partial charge in [0.1, 0.15) is 12.6 Å². The third kappa shape index (κ3) is 5.27. The van der Waals surface area contributed by atoms with E-state index in [1.165, 1.54) is 11.6 Å². The summed E-state index contributed by atoms with van der Waals surface area (Å²) in [6.45, 7) is 4.20. The SMILES string of the molecule is Cc1cc(C)cc(NC(=O)C[C@@H]([NH2+]Cc2ccco2)C(=O)[O-])c1. The summed E-state index contributed by atoms with van der Waals surface area (Å²) in [7, 11) is 0. The number of nitrogens with one attached hydrogen (secondary N) is 1. The average molecular weight is 316 g/mol. The van der Waals surface area contributed by atoms with Crippen molar-refractivity contribution >= 4 is 17.6 Å². The molecular weight excluding hydrogens is 296 g/mol. The third-order valence-corrected chi connectivity index (χ3v) is 3.40. The molecule has 0 radical (unpaired) electrons. The van der Waals surface area contributed by atoms with Crippen molar-refractivity contribution in [2.75, 3.05) is 5.32 Å². The number of carboxylic acids is 1. The molecule has 122 valence electrons. The first-order valence-electron chi connectivity index (χ1n) is 7.39. The number of amides is 1. The van der Waals surface area contributed by atoms with Crippen LogP contribution in [0.1, 0.15) is 23.3 Å². The van der Waals surface area contributed by atoms with E-state index >= 15 is 0 Å². The molecule has 6 nitrogen and oxygen atoms in total. The summed E-state index contributed by atoms with van der Waals surface area (Å²) in [6.07, 6.45) is 1.35. The summed E-state index contributed by atoms with van der Waals surface area (Å²) in [5.74, 6) is -0.988. The van der Waals surface area contributed by atoms with E-state index in [1.54, 1.807) is 12.1 Å². The van der Waals surface area contributed by atoms with Crippen LogP contribution in [0.25, 0.3) is 0 Å². The van der Waals surface area contributed by atoms with Gasteiger partial charge in [0.15, 0.2) is 5.76 Å². The molecule has 0 fully saturated rings. The van der Waals surface area contributed by atoms with Gasteiger partial charge < -0.3 is 25.0 Å². The largest absolute Gasteiger partial charge is 0.544 e. The van der Waals surface area contributed by atoms with Crippen LogP contribution in [0.4, 0.5) is 5.69 Å². The number of anilines is 1. The summed E-state index contributed by atoms with van der Waals surface area (Å²) in [5.41, 5.74) is 2.72. The molecule has 1 aromatic carbocycles. The molecule has 2 aromatic rings. The molecule has 3 N–H and O–H groups in total. The maximum atomic E-state index is 12.1. The van der Waals surface area contributed by atoms with Gasteiger partial charge in [0.25, 0.3) is 0 Å². The number of quaternary nitrogens is 1. The molecule has 1 atom stereocenters. The van der Waals surface area contributed by atoms with Gasteiger partial charge >= 0.3 is 0 Å².